The Morgan fingerprint density at radius 2 is 1.08 bits per heavy atom. The first-order chi connectivity index (χ1) is 28.0. The lowest BCUT2D eigenvalue weighted by molar-refractivity contribution is -0.137. The number of para-hydroxylation sites is 1. The molecule has 3 aromatic rings. The zero-order chi connectivity index (χ0) is 46.6. The van der Waals surface area contributed by atoms with Gasteiger partial charge < -0.3 is 18.9 Å². The highest BCUT2D eigenvalue weighted by atomic mass is 19.4. The van der Waals surface area contributed by atoms with Gasteiger partial charge in [-0.2, -0.15) is 32.4 Å². The van der Waals surface area contributed by atoms with Crippen molar-refractivity contribution in [2.24, 2.45) is 5.10 Å². The number of anilines is 2. The van der Waals surface area contributed by atoms with Crippen molar-refractivity contribution in [3.05, 3.63) is 58.5 Å². The van der Waals surface area contributed by atoms with E-state index in [9.17, 15) is 46.7 Å². The summed E-state index contributed by atoms with van der Waals surface area (Å²) in [5, 5.41) is 3.96. The molecule has 0 aliphatic heterocycles. The molecule has 334 valence electrons. The van der Waals surface area contributed by atoms with Gasteiger partial charge in [-0.1, -0.05) is 39.8 Å². The molecule has 0 aliphatic rings. The van der Waals surface area contributed by atoms with E-state index in [1.165, 1.54) is 27.7 Å². The molecule has 19 heteroatoms. The monoisotopic (exact) mass is 861 g/mol. The summed E-state index contributed by atoms with van der Waals surface area (Å²) in [6.45, 7) is 19.9. The molecule has 0 saturated carbocycles. The average molecular weight is 862 g/mol. The first-order valence-electron chi connectivity index (χ1n) is 19.6. The maximum atomic E-state index is 14.7. The van der Waals surface area contributed by atoms with Crippen LogP contribution in [0.1, 0.15) is 121 Å². The minimum absolute atomic E-state index is 0.101. The molecule has 0 fully saturated rings. The molecule has 1 aromatic heterocycles. The van der Waals surface area contributed by atoms with Gasteiger partial charge in [0, 0.05) is 6.92 Å². The van der Waals surface area contributed by atoms with Gasteiger partial charge in [0.2, 0.25) is 0 Å². The predicted molar refractivity (Wildman–Crippen MR) is 220 cm³/mol. The number of ketones is 1. The van der Waals surface area contributed by atoms with Crippen molar-refractivity contribution in [1.29, 1.82) is 0 Å². The number of rotatable bonds is 13. The number of hydrogen-bond acceptors (Lipinski definition) is 12. The van der Waals surface area contributed by atoms with Crippen LogP contribution in [0.15, 0.2) is 52.4 Å². The van der Waals surface area contributed by atoms with Crippen LogP contribution in [0.4, 0.5) is 43.7 Å². The van der Waals surface area contributed by atoms with Crippen LogP contribution in [0.25, 0.3) is 11.0 Å². The van der Waals surface area contributed by atoms with Gasteiger partial charge in [-0.15, -0.1) is 0 Å². The summed E-state index contributed by atoms with van der Waals surface area (Å²) < 4.78 is 66.4. The quantitative estimate of drug-likeness (QED) is 0.0690. The second-order valence-corrected chi connectivity index (χ2v) is 16.5. The SMILES string of the molecule is CCC(C)(C)OC(=O)N(N=C(C(C)=O)C(=O)N(C(=O)OC(C)(C)CC)c1ccc2c(c1)n(C(=O)OC(C)(C)CC)c(=O)n2C(=O)OC(C)(C)CC)c1ccccc1C(F)(F)F. The molecule has 3 amide bonds. The Bertz CT molecular complexity index is 2290. The van der Waals surface area contributed by atoms with E-state index in [-0.39, 0.29) is 33.8 Å². The highest BCUT2D eigenvalue weighted by Gasteiger charge is 2.41. The van der Waals surface area contributed by atoms with Crippen LogP contribution in [-0.2, 0) is 34.7 Å². The lowest BCUT2D eigenvalue weighted by atomic mass is 10.1. The van der Waals surface area contributed by atoms with Crippen LogP contribution in [-0.4, -0.2) is 73.3 Å². The molecule has 0 N–H and O–H groups in total. The normalized spacial score (nSPS) is 12.8. The van der Waals surface area contributed by atoms with Crippen molar-refractivity contribution in [2.75, 3.05) is 9.91 Å². The number of fused-ring (bicyclic) bond motifs is 1. The van der Waals surface area contributed by atoms with E-state index in [1.807, 2.05) is 0 Å². The molecule has 0 unspecified atom stereocenters. The standard InChI is InChI=1S/C42H54F3N5O11/c1-14-38(6,7)58-34(54)47(32(52)31(25(5)51)46-50(37(57)61-41(12,13)17-4)28-21-19-18-20-27(28)42(43,44)45)26-22-23-29-30(24-26)49(36(56)60-40(10,11)16-3)33(53)48(29)35(55)59-39(8,9)15-2/h18-24H,14-17H2,1-13H3. The van der Waals surface area contributed by atoms with E-state index in [4.69, 9.17) is 18.9 Å². The number of nitrogens with zero attached hydrogens (tertiary/aromatic N) is 5. The maximum Gasteiger partial charge on any atom is 0.435 e. The van der Waals surface area contributed by atoms with Gasteiger partial charge in [-0.3, -0.25) is 9.59 Å². The Balaban J connectivity index is 2.48. The predicted octanol–water partition coefficient (Wildman–Crippen LogP) is 9.60. The Morgan fingerprint density at radius 1 is 0.639 bits per heavy atom. The molecule has 0 atom stereocenters. The van der Waals surface area contributed by atoms with Crippen molar-refractivity contribution in [2.45, 2.75) is 144 Å². The van der Waals surface area contributed by atoms with Crippen LogP contribution in [0.2, 0.25) is 0 Å². The summed E-state index contributed by atoms with van der Waals surface area (Å²) in [7, 11) is 0. The van der Waals surface area contributed by atoms with E-state index < -0.39 is 93.0 Å². The fourth-order valence-electron chi connectivity index (χ4n) is 4.96. The van der Waals surface area contributed by atoms with Crippen molar-refractivity contribution in [3.63, 3.8) is 0 Å². The lowest BCUT2D eigenvalue weighted by Crippen LogP contribution is -2.47. The topological polar surface area (TPSA) is 185 Å². The van der Waals surface area contributed by atoms with Gasteiger partial charge in [0.1, 0.15) is 22.4 Å². The molecular formula is C42H54F3N5O11. The Morgan fingerprint density at radius 3 is 1.54 bits per heavy atom. The van der Waals surface area contributed by atoms with Crippen LogP contribution in [0, 0.1) is 0 Å². The third-order valence-corrected chi connectivity index (χ3v) is 10.0. The third-order valence-electron chi connectivity index (χ3n) is 10.0. The molecule has 0 spiro atoms. The minimum atomic E-state index is -5.07. The van der Waals surface area contributed by atoms with Crippen molar-refractivity contribution >= 4 is 64.2 Å². The number of aromatic nitrogens is 2. The fraction of sp³-hybridized carbons (Fsp3) is 0.524. The Labute approximate surface area is 351 Å². The zero-order valence-electron chi connectivity index (χ0n) is 36.7. The Hall–Kier alpha value is -6.01. The molecule has 0 radical (unpaired) electrons. The largest absolute Gasteiger partial charge is 0.443 e. The molecular weight excluding hydrogens is 807 g/mol. The minimum Gasteiger partial charge on any atom is -0.443 e. The van der Waals surface area contributed by atoms with E-state index in [0.717, 1.165) is 43.3 Å². The van der Waals surface area contributed by atoms with Crippen molar-refractivity contribution < 1.29 is 60.9 Å². The molecule has 0 aliphatic carbocycles. The number of amides is 3. The van der Waals surface area contributed by atoms with E-state index in [2.05, 4.69) is 5.10 Å². The molecule has 16 nitrogen and oxygen atoms in total. The number of imide groups is 1. The first-order valence-corrected chi connectivity index (χ1v) is 19.6. The van der Waals surface area contributed by atoms with E-state index in [1.54, 1.807) is 55.4 Å². The average Bonchev–Trinajstić information content (AvgIpc) is 3.45. The highest BCUT2D eigenvalue weighted by molar-refractivity contribution is 6.69. The van der Waals surface area contributed by atoms with Gasteiger partial charge in [-0.25, -0.2) is 28.9 Å². The number of halogens is 3. The number of hydrazone groups is 1. The van der Waals surface area contributed by atoms with Crippen LogP contribution in [0.5, 0.6) is 0 Å². The molecule has 0 bridgehead atoms. The summed E-state index contributed by atoms with van der Waals surface area (Å²) in [6.07, 6.45) is -9.40. The van der Waals surface area contributed by atoms with Gasteiger partial charge >= 0.3 is 36.2 Å². The summed E-state index contributed by atoms with van der Waals surface area (Å²) in [5.74, 6) is -2.82. The maximum absolute atomic E-state index is 14.7. The number of carbonyl (C=O) groups excluding carboxylic acids is 6. The van der Waals surface area contributed by atoms with Gasteiger partial charge in [0.15, 0.2) is 11.5 Å². The third kappa shape index (κ3) is 11.6. The molecule has 61 heavy (non-hydrogen) atoms. The smallest absolute Gasteiger partial charge is 0.435 e. The summed E-state index contributed by atoms with van der Waals surface area (Å²) in [4.78, 5) is 97.6. The first kappa shape index (κ1) is 49.4. The van der Waals surface area contributed by atoms with Crippen LogP contribution >= 0.6 is 0 Å². The number of hydrogen-bond donors (Lipinski definition) is 0. The molecule has 2 aromatic carbocycles. The number of alkyl halides is 3. The molecule has 0 saturated heterocycles. The van der Waals surface area contributed by atoms with E-state index >= 15 is 0 Å². The van der Waals surface area contributed by atoms with Crippen molar-refractivity contribution in [3.8, 4) is 0 Å². The van der Waals surface area contributed by atoms with Gasteiger partial charge in [0.05, 0.1) is 28.0 Å². The number of imidazole rings is 1. The summed E-state index contributed by atoms with van der Waals surface area (Å²) in [6, 6.07) is 6.89. The summed E-state index contributed by atoms with van der Waals surface area (Å²) >= 11 is 0. The van der Waals surface area contributed by atoms with Crippen molar-refractivity contribution in [1.82, 2.24) is 9.13 Å². The molecule has 3 rings (SSSR count). The lowest BCUT2D eigenvalue weighted by Gasteiger charge is -2.29. The number of carbonyl (C=O) groups is 6. The highest BCUT2D eigenvalue weighted by Crippen LogP contribution is 2.37. The fourth-order valence-corrected chi connectivity index (χ4v) is 4.96. The second kappa shape index (κ2) is 18.3. The number of ether oxygens (including phenoxy) is 4. The summed E-state index contributed by atoms with van der Waals surface area (Å²) in [5.41, 5.74) is -10.6. The number of Topliss-reactive ketones (excluding diaryl/α,β-unsaturated/α-hetero) is 1. The van der Waals surface area contributed by atoms with Gasteiger partial charge in [-0.05, 0) is 111 Å². The molecule has 1 heterocycles. The van der Waals surface area contributed by atoms with E-state index in [0.29, 0.717) is 28.0 Å². The van der Waals surface area contributed by atoms with Gasteiger partial charge in [0.25, 0.3) is 5.91 Å². The number of benzene rings is 2. The second-order valence-electron chi connectivity index (χ2n) is 16.5. The van der Waals surface area contributed by atoms with Crippen LogP contribution < -0.4 is 15.6 Å². The Kier molecular flexibility index (Phi) is 14.8. The van der Waals surface area contributed by atoms with Crippen LogP contribution in [0.3, 0.4) is 0 Å². The zero-order valence-corrected chi connectivity index (χ0v) is 36.7.